The van der Waals surface area contributed by atoms with Crippen molar-refractivity contribution < 1.29 is 4.79 Å². The van der Waals surface area contributed by atoms with Gasteiger partial charge in [0.05, 0.1) is 6.33 Å². The monoisotopic (exact) mass is 336 g/mol. The minimum atomic E-state index is 0. The molecule has 1 aliphatic rings. The smallest absolute Gasteiger partial charge is 0.222 e. The summed E-state index contributed by atoms with van der Waals surface area (Å²) in [5, 5.41) is 3.10. The molecular weight excluding hydrogens is 311 g/mol. The van der Waals surface area contributed by atoms with Gasteiger partial charge in [-0.05, 0) is 18.8 Å². The van der Waals surface area contributed by atoms with E-state index in [1.807, 2.05) is 10.8 Å². The van der Waals surface area contributed by atoms with Crippen LogP contribution in [0.3, 0.4) is 0 Å². The Balaban J connectivity index is 0.00000200. The van der Waals surface area contributed by atoms with Gasteiger partial charge in [-0.1, -0.05) is 19.3 Å². The van der Waals surface area contributed by atoms with Crippen LogP contribution in [0.25, 0.3) is 0 Å². The molecule has 2 rings (SSSR count). The van der Waals surface area contributed by atoms with Crippen molar-refractivity contribution in [1.82, 2.24) is 14.9 Å². The number of carbonyl (C=O) groups excluding carboxylic acids is 1. The van der Waals surface area contributed by atoms with Crippen LogP contribution < -0.4 is 11.1 Å². The molecule has 122 valence electrons. The Labute approximate surface area is 138 Å². The Bertz CT molecular complexity index is 380. The van der Waals surface area contributed by atoms with E-state index in [4.69, 9.17) is 5.73 Å². The molecule has 5 nitrogen and oxygen atoms in total. The first-order valence-corrected chi connectivity index (χ1v) is 7.25. The first-order valence-electron chi connectivity index (χ1n) is 7.25. The second-order valence-corrected chi connectivity index (χ2v) is 5.36. The van der Waals surface area contributed by atoms with Crippen molar-refractivity contribution in [3.05, 3.63) is 18.7 Å². The number of hydrogen-bond acceptors (Lipinski definition) is 3. The third kappa shape index (κ3) is 6.68. The van der Waals surface area contributed by atoms with Crippen LogP contribution in [0.2, 0.25) is 0 Å². The average Bonchev–Trinajstić information content (AvgIpc) is 2.97. The molecule has 0 radical (unpaired) electrons. The summed E-state index contributed by atoms with van der Waals surface area (Å²) >= 11 is 0. The summed E-state index contributed by atoms with van der Waals surface area (Å²) < 4.78 is 1.91. The zero-order chi connectivity index (χ0) is 13.5. The summed E-state index contributed by atoms with van der Waals surface area (Å²) in [7, 11) is 0. The molecule has 1 fully saturated rings. The van der Waals surface area contributed by atoms with Crippen LogP contribution in [0, 0.1) is 5.92 Å². The number of nitrogens with zero attached hydrogens (tertiary/aromatic N) is 2. The van der Waals surface area contributed by atoms with Gasteiger partial charge in [-0.3, -0.25) is 4.79 Å². The summed E-state index contributed by atoms with van der Waals surface area (Å²) in [6.07, 6.45) is 12.1. The highest BCUT2D eigenvalue weighted by Gasteiger charge is 2.23. The van der Waals surface area contributed by atoms with Gasteiger partial charge in [0, 0.05) is 37.9 Å². The van der Waals surface area contributed by atoms with Crippen LogP contribution in [-0.2, 0) is 11.3 Å². The fourth-order valence-corrected chi connectivity index (χ4v) is 2.83. The Morgan fingerprint density at radius 3 is 2.62 bits per heavy atom. The maximum atomic E-state index is 11.9. The maximum absolute atomic E-state index is 11.9. The lowest BCUT2D eigenvalue weighted by molar-refractivity contribution is -0.122. The Kier molecular flexibility index (Phi) is 10.5. The zero-order valence-corrected chi connectivity index (χ0v) is 13.9. The van der Waals surface area contributed by atoms with Gasteiger partial charge in [0.25, 0.3) is 0 Å². The van der Waals surface area contributed by atoms with E-state index in [1.165, 1.54) is 32.1 Å². The summed E-state index contributed by atoms with van der Waals surface area (Å²) in [4.78, 5) is 15.9. The number of nitrogens with two attached hydrogens (primary N) is 1. The molecule has 3 N–H and O–H groups in total. The first kappa shape index (κ1) is 20.2. The number of aryl methyl sites for hydroxylation is 1. The van der Waals surface area contributed by atoms with Gasteiger partial charge in [0.15, 0.2) is 0 Å². The van der Waals surface area contributed by atoms with E-state index < -0.39 is 0 Å². The fraction of sp³-hybridized carbons (Fsp3) is 0.714. The number of carbonyl (C=O) groups is 1. The van der Waals surface area contributed by atoms with Crippen molar-refractivity contribution in [3.63, 3.8) is 0 Å². The molecule has 1 unspecified atom stereocenters. The minimum absolute atomic E-state index is 0. The molecule has 1 amide bonds. The summed E-state index contributed by atoms with van der Waals surface area (Å²) in [5.41, 5.74) is 5.81. The van der Waals surface area contributed by atoms with Crippen LogP contribution >= 0.6 is 24.8 Å². The predicted molar refractivity (Wildman–Crippen MR) is 88.9 cm³/mol. The second-order valence-electron chi connectivity index (χ2n) is 5.36. The minimum Gasteiger partial charge on any atom is -0.352 e. The number of aromatic nitrogens is 2. The molecular formula is C14H26Cl2N4O. The second kappa shape index (κ2) is 10.9. The van der Waals surface area contributed by atoms with Crippen LogP contribution in [0.1, 0.15) is 38.5 Å². The number of amides is 1. The quantitative estimate of drug-likeness (QED) is 0.835. The standard InChI is InChI=1S/C14H24N4O.2ClH/c15-10-13(12-4-2-1-3-5-12)17-14(19)6-8-18-9-7-16-11-18;;/h7,9,11-13H,1-6,8,10,15H2,(H,17,19);2*1H. The van der Waals surface area contributed by atoms with E-state index in [2.05, 4.69) is 10.3 Å². The van der Waals surface area contributed by atoms with Crippen molar-refractivity contribution in [2.45, 2.75) is 51.1 Å². The van der Waals surface area contributed by atoms with Crippen LogP contribution in [0.15, 0.2) is 18.7 Å². The third-order valence-electron chi connectivity index (χ3n) is 3.98. The van der Waals surface area contributed by atoms with Crippen LogP contribution in [0.4, 0.5) is 0 Å². The number of halogens is 2. The molecule has 1 saturated carbocycles. The number of rotatable bonds is 6. The highest BCUT2D eigenvalue weighted by molar-refractivity contribution is 5.85. The lowest BCUT2D eigenvalue weighted by atomic mass is 9.84. The highest BCUT2D eigenvalue weighted by Crippen LogP contribution is 2.26. The van der Waals surface area contributed by atoms with E-state index in [-0.39, 0.29) is 36.8 Å². The molecule has 1 heterocycles. The Hall–Kier alpha value is -0.780. The molecule has 1 aliphatic carbocycles. The summed E-state index contributed by atoms with van der Waals surface area (Å²) in [6, 6.07) is 0.149. The van der Waals surface area contributed by atoms with Crippen molar-refractivity contribution in [3.8, 4) is 0 Å². The van der Waals surface area contributed by atoms with Gasteiger partial charge in [-0.15, -0.1) is 24.8 Å². The van der Waals surface area contributed by atoms with Gasteiger partial charge in [-0.2, -0.15) is 0 Å². The van der Waals surface area contributed by atoms with Crippen molar-refractivity contribution in [2.75, 3.05) is 6.54 Å². The molecule has 0 bridgehead atoms. The fourth-order valence-electron chi connectivity index (χ4n) is 2.83. The van der Waals surface area contributed by atoms with Gasteiger partial charge in [0.1, 0.15) is 0 Å². The van der Waals surface area contributed by atoms with Gasteiger partial charge in [-0.25, -0.2) is 4.98 Å². The van der Waals surface area contributed by atoms with Gasteiger partial charge in [0.2, 0.25) is 5.91 Å². The number of hydrogen-bond donors (Lipinski definition) is 2. The van der Waals surface area contributed by atoms with Crippen molar-refractivity contribution >= 4 is 30.7 Å². The van der Waals surface area contributed by atoms with Gasteiger partial charge >= 0.3 is 0 Å². The maximum Gasteiger partial charge on any atom is 0.222 e. The lowest BCUT2D eigenvalue weighted by Gasteiger charge is -2.30. The number of imidazole rings is 1. The summed E-state index contributed by atoms with van der Waals surface area (Å²) in [5.74, 6) is 0.658. The van der Waals surface area contributed by atoms with E-state index in [1.54, 1.807) is 12.5 Å². The zero-order valence-electron chi connectivity index (χ0n) is 12.2. The van der Waals surface area contributed by atoms with E-state index >= 15 is 0 Å². The predicted octanol–water partition coefficient (Wildman–Crippen LogP) is 2.14. The molecule has 0 aliphatic heterocycles. The molecule has 21 heavy (non-hydrogen) atoms. The summed E-state index contributed by atoms with van der Waals surface area (Å²) in [6.45, 7) is 1.22. The molecule has 1 aromatic heterocycles. The molecule has 0 saturated heterocycles. The van der Waals surface area contributed by atoms with Crippen molar-refractivity contribution in [1.29, 1.82) is 0 Å². The van der Waals surface area contributed by atoms with E-state index in [0.717, 1.165) is 0 Å². The SMILES string of the molecule is Cl.Cl.NCC(NC(=O)CCn1ccnc1)C1CCCCC1. The topological polar surface area (TPSA) is 72.9 Å². The van der Waals surface area contributed by atoms with Gasteiger partial charge < -0.3 is 15.6 Å². The lowest BCUT2D eigenvalue weighted by Crippen LogP contribution is -2.46. The molecule has 1 atom stereocenters. The molecule has 1 aromatic rings. The van der Waals surface area contributed by atoms with E-state index in [9.17, 15) is 4.79 Å². The van der Waals surface area contributed by atoms with Crippen LogP contribution in [-0.4, -0.2) is 28.0 Å². The Morgan fingerprint density at radius 2 is 2.05 bits per heavy atom. The average molecular weight is 337 g/mol. The van der Waals surface area contributed by atoms with E-state index in [0.29, 0.717) is 25.4 Å². The molecule has 7 heteroatoms. The third-order valence-corrected chi connectivity index (χ3v) is 3.98. The Morgan fingerprint density at radius 1 is 1.33 bits per heavy atom. The number of nitrogens with one attached hydrogen (secondary N) is 1. The molecule has 0 spiro atoms. The molecule has 0 aromatic carbocycles. The van der Waals surface area contributed by atoms with Crippen LogP contribution in [0.5, 0.6) is 0 Å². The normalized spacial score (nSPS) is 16.4. The first-order chi connectivity index (χ1) is 9.29. The van der Waals surface area contributed by atoms with Crippen molar-refractivity contribution in [2.24, 2.45) is 11.7 Å². The largest absolute Gasteiger partial charge is 0.352 e. The highest BCUT2D eigenvalue weighted by atomic mass is 35.5.